The molecule has 1 heterocycles. The van der Waals surface area contributed by atoms with Crippen LogP contribution in [-0.4, -0.2) is 19.1 Å². The summed E-state index contributed by atoms with van der Waals surface area (Å²) in [7, 11) is 0. The summed E-state index contributed by atoms with van der Waals surface area (Å²) >= 11 is 0. The van der Waals surface area contributed by atoms with Crippen molar-refractivity contribution < 1.29 is 2.85 Å². The maximum absolute atomic E-state index is 5.37. The molecule has 0 aromatic rings. The third-order valence-electron chi connectivity index (χ3n) is 1.45. The molecule has 1 unspecified atom stereocenters. The van der Waals surface area contributed by atoms with Crippen LogP contribution in [0, 0.1) is 0 Å². The van der Waals surface area contributed by atoms with Crippen LogP contribution in [-0.2, 0) is 0 Å². The third kappa shape index (κ3) is 3.49. The standard InChI is InChI=1S/C5H12N2.C2H6.2H2/c6-4-5-2-1-3-7-5;1-2;;/h5,7H,1-4,6H2;1-2H3;2*1H. The number of rotatable bonds is 1. The zero-order valence-corrected chi connectivity index (χ0v) is 6.48. The summed E-state index contributed by atoms with van der Waals surface area (Å²) in [6.07, 6.45) is 2.58. The summed E-state index contributed by atoms with van der Waals surface area (Å²) in [4.78, 5) is 0. The van der Waals surface area contributed by atoms with E-state index in [0.29, 0.717) is 6.04 Å². The van der Waals surface area contributed by atoms with Crippen LogP contribution in [0.2, 0.25) is 0 Å². The highest BCUT2D eigenvalue weighted by Gasteiger charge is 2.09. The summed E-state index contributed by atoms with van der Waals surface area (Å²) in [5.41, 5.74) is 5.37. The number of hydrogen-bond acceptors (Lipinski definition) is 2. The molecule has 1 aliphatic rings. The zero-order chi connectivity index (χ0) is 7.11. The Morgan fingerprint density at radius 3 is 2.56 bits per heavy atom. The van der Waals surface area contributed by atoms with Gasteiger partial charge in [0, 0.05) is 15.4 Å². The zero-order valence-electron chi connectivity index (χ0n) is 6.48. The van der Waals surface area contributed by atoms with E-state index in [2.05, 4.69) is 5.32 Å². The minimum Gasteiger partial charge on any atom is -0.329 e. The Hall–Kier alpha value is -0.0800. The highest BCUT2D eigenvalue weighted by atomic mass is 15.0. The average Bonchev–Trinajstić information content (AvgIpc) is 2.43. The van der Waals surface area contributed by atoms with E-state index >= 15 is 0 Å². The lowest BCUT2D eigenvalue weighted by atomic mass is 10.2. The maximum atomic E-state index is 5.37. The first-order valence-corrected chi connectivity index (χ1v) is 3.87. The fraction of sp³-hybridized carbons (Fsp3) is 1.00. The second-order valence-corrected chi connectivity index (χ2v) is 2.03. The SMILES string of the molecule is CC.NCC1CCCN1.[HH].[HH]. The second-order valence-electron chi connectivity index (χ2n) is 2.03. The molecule has 1 saturated heterocycles. The van der Waals surface area contributed by atoms with Gasteiger partial charge in [0.05, 0.1) is 0 Å². The smallest absolute Gasteiger partial charge is 0.0190 e. The van der Waals surface area contributed by atoms with Crippen molar-refractivity contribution in [3.05, 3.63) is 0 Å². The first kappa shape index (κ1) is 8.92. The summed E-state index contributed by atoms with van der Waals surface area (Å²) in [6.45, 7) is 5.97. The van der Waals surface area contributed by atoms with E-state index in [4.69, 9.17) is 5.73 Å². The van der Waals surface area contributed by atoms with Crippen LogP contribution in [0.1, 0.15) is 29.5 Å². The molecule has 0 aromatic carbocycles. The lowest BCUT2D eigenvalue weighted by Gasteiger charge is -2.02. The molecule has 1 rings (SSSR count). The Morgan fingerprint density at radius 2 is 2.33 bits per heavy atom. The van der Waals surface area contributed by atoms with E-state index in [1.54, 1.807) is 0 Å². The fourth-order valence-electron chi connectivity index (χ4n) is 0.958. The van der Waals surface area contributed by atoms with Gasteiger partial charge >= 0.3 is 0 Å². The Morgan fingerprint density at radius 1 is 1.67 bits per heavy atom. The first-order chi connectivity index (χ1) is 4.43. The van der Waals surface area contributed by atoms with E-state index in [1.807, 2.05) is 13.8 Å². The van der Waals surface area contributed by atoms with Crippen molar-refractivity contribution in [2.24, 2.45) is 5.73 Å². The molecule has 3 N–H and O–H groups in total. The van der Waals surface area contributed by atoms with Crippen LogP contribution < -0.4 is 11.1 Å². The van der Waals surface area contributed by atoms with Gasteiger partial charge in [0.1, 0.15) is 0 Å². The van der Waals surface area contributed by atoms with Gasteiger partial charge < -0.3 is 11.1 Å². The molecule has 1 atom stereocenters. The summed E-state index contributed by atoms with van der Waals surface area (Å²) in [5, 5.41) is 3.28. The van der Waals surface area contributed by atoms with E-state index in [1.165, 1.54) is 19.4 Å². The highest BCUT2D eigenvalue weighted by Crippen LogP contribution is 2.01. The van der Waals surface area contributed by atoms with Crippen LogP contribution in [0.4, 0.5) is 0 Å². The summed E-state index contributed by atoms with van der Waals surface area (Å²) in [5.74, 6) is 0. The average molecular weight is 134 g/mol. The van der Waals surface area contributed by atoms with Crippen LogP contribution in [0.25, 0.3) is 0 Å². The van der Waals surface area contributed by atoms with Crippen molar-refractivity contribution in [1.82, 2.24) is 5.32 Å². The van der Waals surface area contributed by atoms with Gasteiger partial charge in [0.15, 0.2) is 0 Å². The maximum Gasteiger partial charge on any atom is 0.0190 e. The quantitative estimate of drug-likeness (QED) is 0.566. The fourth-order valence-corrected chi connectivity index (χ4v) is 0.958. The van der Waals surface area contributed by atoms with Crippen LogP contribution in [0.15, 0.2) is 0 Å². The molecule has 9 heavy (non-hydrogen) atoms. The van der Waals surface area contributed by atoms with Crippen LogP contribution in [0.5, 0.6) is 0 Å². The molecule has 0 radical (unpaired) electrons. The number of hydrogen-bond donors (Lipinski definition) is 2. The largest absolute Gasteiger partial charge is 0.329 e. The Kier molecular flexibility index (Phi) is 5.99. The minimum atomic E-state index is 0. The predicted molar refractivity (Wildman–Crippen MR) is 45.7 cm³/mol. The molecule has 0 saturated carbocycles. The van der Waals surface area contributed by atoms with Crippen molar-refractivity contribution in [2.75, 3.05) is 13.1 Å². The molecule has 0 aromatic heterocycles. The topological polar surface area (TPSA) is 38.0 Å². The van der Waals surface area contributed by atoms with E-state index in [0.717, 1.165) is 6.54 Å². The van der Waals surface area contributed by atoms with E-state index in [9.17, 15) is 0 Å². The summed E-state index contributed by atoms with van der Waals surface area (Å²) in [6, 6.07) is 0.625. The van der Waals surface area contributed by atoms with Crippen molar-refractivity contribution in [3.8, 4) is 0 Å². The predicted octanol–water partition coefficient (Wildman–Crippen LogP) is 1.22. The van der Waals surface area contributed by atoms with Crippen molar-refractivity contribution in [1.29, 1.82) is 0 Å². The van der Waals surface area contributed by atoms with Crippen molar-refractivity contribution >= 4 is 0 Å². The van der Waals surface area contributed by atoms with Crippen LogP contribution >= 0.6 is 0 Å². The van der Waals surface area contributed by atoms with Gasteiger partial charge in [-0.25, -0.2) is 0 Å². The molecule has 2 heteroatoms. The molecule has 1 aliphatic heterocycles. The lowest BCUT2D eigenvalue weighted by Crippen LogP contribution is -2.29. The van der Waals surface area contributed by atoms with Crippen molar-refractivity contribution in [3.63, 3.8) is 0 Å². The van der Waals surface area contributed by atoms with Gasteiger partial charge in [-0.1, -0.05) is 13.8 Å². The third-order valence-corrected chi connectivity index (χ3v) is 1.45. The second kappa shape index (κ2) is 6.05. The first-order valence-electron chi connectivity index (χ1n) is 3.87. The Bertz CT molecular complexity index is 56.4. The highest BCUT2D eigenvalue weighted by molar-refractivity contribution is 4.73. The number of nitrogens with two attached hydrogens (primary N) is 1. The van der Waals surface area contributed by atoms with Crippen LogP contribution in [0.3, 0.4) is 0 Å². The molecule has 0 spiro atoms. The Labute approximate surface area is 60.8 Å². The Balaban J connectivity index is -0.000000149. The number of nitrogens with one attached hydrogen (secondary N) is 1. The molecule has 0 amide bonds. The molecular weight excluding hydrogens is 112 g/mol. The lowest BCUT2D eigenvalue weighted by molar-refractivity contribution is 0.616. The molecule has 1 fully saturated rings. The van der Waals surface area contributed by atoms with Gasteiger partial charge in [-0.2, -0.15) is 0 Å². The normalized spacial score (nSPS) is 25.0. The van der Waals surface area contributed by atoms with Gasteiger partial charge in [-0.05, 0) is 19.4 Å². The molecule has 2 nitrogen and oxygen atoms in total. The van der Waals surface area contributed by atoms with E-state index < -0.39 is 0 Å². The van der Waals surface area contributed by atoms with Gasteiger partial charge in [-0.15, -0.1) is 0 Å². The molecule has 60 valence electrons. The van der Waals surface area contributed by atoms with E-state index in [-0.39, 0.29) is 2.85 Å². The van der Waals surface area contributed by atoms with Gasteiger partial charge in [-0.3, -0.25) is 0 Å². The molecule has 0 bridgehead atoms. The monoisotopic (exact) mass is 134 g/mol. The van der Waals surface area contributed by atoms with Gasteiger partial charge in [0.25, 0.3) is 0 Å². The van der Waals surface area contributed by atoms with Crippen molar-refractivity contribution in [2.45, 2.75) is 32.7 Å². The minimum absolute atomic E-state index is 0. The molecule has 0 aliphatic carbocycles. The van der Waals surface area contributed by atoms with Gasteiger partial charge in [0.2, 0.25) is 0 Å². The molecular formula is C7H22N2. The summed E-state index contributed by atoms with van der Waals surface area (Å²) < 4.78 is 0.